The fraction of sp³-hybridized carbons (Fsp3) is 0.618. The van der Waals surface area contributed by atoms with Gasteiger partial charge in [0, 0.05) is 44.3 Å². The van der Waals surface area contributed by atoms with Crippen molar-refractivity contribution < 1.29 is 28.8 Å². The normalized spacial score (nSPS) is 18.8. The first-order valence-corrected chi connectivity index (χ1v) is 16.1. The molecule has 4 rings (SSSR count). The Morgan fingerprint density at radius 3 is 2.63 bits per heavy atom. The molecule has 0 spiro atoms. The molecule has 2 aromatic rings. The van der Waals surface area contributed by atoms with Crippen LogP contribution in [0.5, 0.6) is 5.75 Å². The number of rotatable bonds is 17. The second kappa shape index (κ2) is 17.6. The molecule has 238 valence electrons. The number of fused-ring (bicyclic) bond motifs is 1. The molecular weight excluding hydrogens is 546 g/mol. The highest BCUT2D eigenvalue weighted by Gasteiger charge is 2.37. The Balaban J connectivity index is 0.974. The maximum atomic E-state index is 12.3. The molecule has 0 radical (unpaired) electrons. The van der Waals surface area contributed by atoms with Crippen molar-refractivity contribution in [1.29, 1.82) is 0 Å². The third-order valence-corrected chi connectivity index (χ3v) is 7.85. The second-order valence-corrected chi connectivity index (χ2v) is 12.1. The molecule has 9 nitrogen and oxygen atoms in total. The minimum atomic E-state index is -0.772. The molecule has 0 saturated heterocycles. The molecule has 1 fully saturated rings. The molecule has 2 aliphatic rings. The summed E-state index contributed by atoms with van der Waals surface area (Å²) in [4.78, 5) is 12.3. The van der Waals surface area contributed by atoms with Gasteiger partial charge in [0.2, 0.25) is 5.79 Å². The van der Waals surface area contributed by atoms with Crippen LogP contribution < -0.4 is 20.7 Å². The molecule has 1 heterocycles. The Kier molecular flexibility index (Phi) is 13.6. The van der Waals surface area contributed by atoms with Gasteiger partial charge in [-0.3, -0.25) is 0 Å². The van der Waals surface area contributed by atoms with Gasteiger partial charge in [0.25, 0.3) is 0 Å². The molecule has 1 aliphatic carbocycles. The van der Waals surface area contributed by atoms with E-state index in [1.54, 1.807) is 0 Å². The van der Waals surface area contributed by atoms with Gasteiger partial charge in [0.15, 0.2) is 0 Å². The van der Waals surface area contributed by atoms with E-state index < -0.39 is 18.0 Å². The first-order valence-electron chi connectivity index (χ1n) is 16.1. The van der Waals surface area contributed by atoms with Crippen molar-refractivity contribution in [3.63, 3.8) is 0 Å². The van der Waals surface area contributed by atoms with Crippen molar-refractivity contribution >= 4 is 11.7 Å². The molecule has 0 bridgehead atoms. The first kappa shape index (κ1) is 33.2. The SMILES string of the molecule is CC1(C)Oc2ccccc2C([C@H](O)CNCCCCCCOCCOCc2cccc(NC(=O)NC3CCCCC3)c2)O1. The second-order valence-electron chi connectivity index (χ2n) is 12.1. The van der Waals surface area contributed by atoms with E-state index >= 15 is 0 Å². The maximum Gasteiger partial charge on any atom is 0.319 e. The number of amides is 2. The third kappa shape index (κ3) is 11.7. The van der Waals surface area contributed by atoms with Crippen molar-refractivity contribution in [3.05, 3.63) is 59.7 Å². The quantitative estimate of drug-likeness (QED) is 0.164. The molecular formula is C34H51N3O6. The lowest BCUT2D eigenvalue weighted by Crippen LogP contribution is -2.43. The number of ether oxygens (including phenoxy) is 4. The van der Waals surface area contributed by atoms with Gasteiger partial charge in [-0.05, 0) is 56.0 Å². The lowest BCUT2D eigenvalue weighted by atomic mass is 9.96. The van der Waals surface area contributed by atoms with Gasteiger partial charge in [-0.25, -0.2) is 4.79 Å². The molecule has 2 atom stereocenters. The summed E-state index contributed by atoms with van der Waals surface area (Å²) in [6.45, 7) is 7.35. The highest BCUT2D eigenvalue weighted by Crippen LogP contribution is 2.39. The Morgan fingerprint density at radius 2 is 1.77 bits per heavy atom. The number of benzene rings is 2. The van der Waals surface area contributed by atoms with Crippen LogP contribution >= 0.6 is 0 Å². The summed E-state index contributed by atoms with van der Waals surface area (Å²) in [6, 6.07) is 15.7. The van der Waals surface area contributed by atoms with Gasteiger partial charge in [-0.1, -0.05) is 62.4 Å². The summed E-state index contributed by atoms with van der Waals surface area (Å²) < 4.78 is 23.4. The molecule has 9 heteroatoms. The van der Waals surface area contributed by atoms with Gasteiger partial charge >= 0.3 is 6.03 Å². The van der Waals surface area contributed by atoms with Crippen LogP contribution in [0, 0.1) is 0 Å². The number of unbranched alkanes of at least 4 members (excludes halogenated alkanes) is 3. The van der Waals surface area contributed by atoms with Crippen LogP contribution in [0.15, 0.2) is 48.5 Å². The summed E-state index contributed by atoms with van der Waals surface area (Å²) in [7, 11) is 0. The van der Waals surface area contributed by atoms with Crippen LogP contribution in [0.25, 0.3) is 0 Å². The van der Waals surface area contributed by atoms with E-state index in [1.165, 1.54) is 19.3 Å². The monoisotopic (exact) mass is 597 g/mol. The number of urea groups is 1. The summed E-state index contributed by atoms with van der Waals surface area (Å²) in [6.07, 6.45) is 8.97. The largest absolute Gasteiger partial charge is 0.463 e. The molecule has 4 N–H and O–H groups in total. The predicted octanol–water partition coefficient (Wildman–Crippen LogP) is 6.07. The number of carbonyl (C=O) groups excluding carboxylic acids is 1. The Bertz CT molecular complexity index is 1110. The summed E-state index contributed by atoms with van der Waals surface area (Å²) in [5.74, 6) is -0.00253. The summed E-state index contributed by atoms with van der Waals surface area (Å²) in [5, 5.41) is 20.2. The van der Waals surface area contributed by atoms with Crippen molar-refractivity contribution in [2.75, 3.05) is 38.2 Å². The Hall–Kier alpha value is -2.69. The minimum absolute atomic E-state index is 0.134. The Labute approximate surface area is 257 Å². The van der Waals surface area contributed by atoms with E-state index in [9.17, 15) is 9.90 Å². The average molecular weight is 598 g/mol. The fourth-order valence-corrected chi connectivity index (χ4v) is 5.67. The van der Waals surface area contributed by atoms with E-state index in [0.29, 0.717) is 26.4 Å². The van der Waals surface area contributed by atoms with Crippen LogP contribution in [0.1, 0.15) is 88.9 Å². The van der Waals surface area contributed by atoms with E-state index in [0.717, 1.165) is 74.2 Å². The zero-order valence-corrected chi connectivity index (χ0v) is 25.9. The standard InChI is InChI=1S/C34H51N3O6/c1-34(2)42-31-18-9-8-17-29(31)32(43-34)30(38)24-35-19-10-3-4-11-20-40-21-22-41-25-26-13-12-16-28(23-26)37-33(39)36-27-14-6-5-7-15-27/h8-9,12-13,16-18,23,27,30,32,35,38H,3-7,10-11,14-15,19-22,24-25H2,1-2H3,(H2,36,37,39)/t30-,32?/m1/s1. The van der Waals surface area contributed by atoms with E-state index in [-0.39, 0.29) is 12.1 Å². The first-order chi connectivity index (χ1) is 20.9. The van der Waals surface area contributed by atoms with Crippen molar-refractivity contribution in [2.24, 2.45) is 0 Å². The lowest BCUT2D eigenvalue weighted by molar-refractivity contribution is -0.228. The topological polar surface area (TPSA) is 110 Å². The van der Waals surface area contributed by atoms with Gasteiger partial charge in [-0.15, -0.1) is 0 Å². The summed E-state index contributed by atoms with van der Waals surface area (Å²) >= 11 is 0. The van der Waals surface area contributed by atoms with Crippen molar-refractivity contribution in [1.82, 2.24) is 10.6 Å². The summed E-state index contributed by atoms with van der Waals surface area (Å²) in [5.41, 5.74) is 2.68. The fourth-order valence-electron chi connectivity index (χ4n) is 5.67. The molecule has 1 saturated carbocycles. The van der Waals surface area contributed by atoms with Crippen molar-refractivity contribution in [2.45, 2.75) is 102 Å². The Morgan fingerprint density at radius 1 is 0.977 bits per heavy atom. The molecule has 1 unspecified atom stereocenters. The number of hydrogen-bond donors (Lipinski definition) is 4. The molecule has 0 aromatic heterocycles. The zero-order chi connectivity index (χ0) is 30.3. The van der Waals surface area contributed by atoms with Gasteiger partial charge < -0.3 is 40.0 Å². The van der Waals surface area contributed by atoms with E-state index in [2.05, 4.69) is 16.0 Å². The van der Waals surface area contributed by atoms with Gasteiger partial charge in [0.05, 0.1) is 25.9 Å². The van der Waals surface area contributed by atoms with Crippen molar-refractivity contribution in [3.8, 4) is 5.75 Å². The third-order valence-electron chi connectivity index (χ3n) is 7.85. The predicted molar refractivity (Wildman–Crippen MR) is 168 cm³/mol. The number of aliphatic hydroxyl groups is 1. The van der Waals surface area contributed by atoms with Crippen LogP contribution in [0.3, 0.4) is 0 Å². The highest BCUT2D eigenvalue weighted by molar-refractivity contribution is 5.89. The minimum Gasteiger partial charge on any atom is -0.463 e. The van der Waals surface area contributed by atoms with Gasteiger partial charge in [-0.2, -0.15) is 0 Å². The number of anilines is 1. The number of nitrogens with one attached hydrogen (secondary N) is 3. The number of para-hydroxylation sites is 1. The zero-order valence-electron chi connectivity index (χ0n) is 25.9. The molecule has 2 aromatic carbocycles. The molecule has 1 aliphatic heterocycles. The van der Waals surface area contributed by atoms with E-state index in [1.807, 2.05) is 62.4 Å². The average Bonchev–Trinajstić information content (AvgIpc) is 2.99. The number of carbonyl (C=O) groups is 1. The highest BCUT2D eigenvalue weighted by atomic mass is 16.7. The lowest BCUT2D eigenvalue weighted by Gasteiger charge is -2.39. The van der Waals surface area contributed by atoms with Crippen LogP contribution in [0.4, 0.5) is 10.5 Å². The van der Waals surface area contributed by atoms with E-state index in [4.69, 9.17) is 18.9 Å². The van der Waals surface area contributed by atoms with Gasteiger partial charge in [0.1, 0.15) is 11.9 Å². The van der Waals surface area contributed by atoms with Crippen LogP contribution in [-0.4, -0.2) is 62.0 Å². The molecule has 43 heavy (non-hydrogen) atoms. The van der Waals surface area contributed by atoms with Crippen LogP contribution in [-0.2, 0) is 20.8 Å². The number of aliphatic hydroxyl groups excluding tert-OH is 1. The maximum absolute atomic E-state index is 12.3. The molecule has 2 amide bonds. The van der Waals surface area contributed by atoms with Crippen LogP contribution in [0.2, 0.25) is 0 Å². The number of hydrogen-bond acceptors (Lipinski definition) is 7. The smallest absolute Gasteiger partial charge is 0.319 e.